The van der Waals surface area contributed by atoms with Crippen LogP contribution in [-0.4, -0.2) is 43.3 Å². The highest BCUT2D eigenvalue weighted by Crippen LogP contribution is 2.44. The molecule has 2 aromatic rings. The van der Waals surface area contributed by atoms with Gasteiger partial charge < -0.3 is 14.8 Å². The molecule has 0 spiro atoms. The average Bonchev–Trinajstić information content (AvgIpc) is 2.76. The molecule has 1 unspecified atom stereocenters. The molecule has 4 heterocycles. The summed E-state index contributed by atoms with van der Waals surface area (Å²) in [5.74, 6) is 0.918. The standard InChI is InChI=1S/C25H29FN2O3/c1-25(2)15-30-21-13-18(17-4-3-5-19(26)12-17)6-7-20(21)23(25)27-24(29)31-22-14-28-10-8-16(22)9-11-28/h3-7,12-13,16,22-23H,8-11,14-15H2,1-2H3,(H,27,29)/t22-,23?/m1/s1. The number of nitrogens with one attached hydrogen (secondary N) is 1. The fourth-order valence-electron chi connectivity index (χ4n) is 5.12. The number of alkyl carbamates (subject to hydrolysis) is 1. The third kappa shape index (κ3) is 4.01. The molecule has 0 aromatic heterocycles. The van der Waals surface area contributed by atoms with E-state index < -0.39 is 0 Å². The largest absolute Gasteiger partial charge is 0.493 e. The predicted molar refractivity (Wildman–Crippen MR) is 116 cm³/mol. The SMILES string of the molecule is CC1(C)COc2cc(-c3cccc(F)c3)ccc2C1NC(=O)O[C@@H]1CN2CCC1CC2. The number of rotatable bonds is 3. The van der Waals surface area contributed by atoms with E-state index in [0.29, 0.717) is 18.3 Å². The minimum absolute atomic E-state index is 0.0275. The molecule has 6 heteroatoms. The van der Waals surface area contributed by atoms with Gasteiger partial charge in [0.05, 0.1) is 12.6 Å². The number of ether oxygens (including phenoxy) is 2. The van der Waals surface area contributed by atoms with Gasteiger partial charge in [0.2, 0.25) is 0 Å². The Morgan fingerprint density at radius 1 is 1.16 bits per heavy atom. The van der Waals surface area contributed by atoms with Crippen LogP contribution in [0.4, 0.5) is 9.18 Å². The van der Waals surface area contributed by atoms with Crippen molar-refractivity contribution < 1.29 is 18.7 Å². The number of benzene rings is 2. The Kier molecular flexibility index (Phi) is 5.13. The van der Waals surface area contributed by atoms with Crippen LogP contribution >= 0.6 is 0 Å². The smallest absolute Gasteiger partial charge is 0.407 e. The van der Waals surface area contributed by atoms with Crippen molar-refractivity contribution in [1.29, 1.82) is 0 Å². The first-order valence-electron chi connectivity index (χ1n) is 11.1. The van der Waals surface area contributed by atoms with Crippen LogP contribution in [0.2, 0.25) is 0 Å². The minimum Gasteiger partial charge on any atom is -0.493 e. The summed E-state index contributed by atoms with van der Waals surface area (Å²) >= 11 is 0. The number of amides is 1. The molecule has 2 aromatic carbocycles. The number of fused-ring (bicyclic) bond motifs is 4. The van der Waals surface area contributed by atoms with Gasteiger partial charge in [-0.1, -0.05) is 38.1 Å². The number of carbonyl (C=O) groups is 1. The lowest BCUT2D eigenvalue weighted by Crippen LogP contribution is -2.53. The minimum atomic E-state index is -0.362. The Labute approximate surface area is 182 Å². The molecule has 0 radical (unpaired) electrons. The summed E-state index contributed by atoms with van der Waals surface area (Å²) in [5.41, 5.74) is 2.30. The van der Waals surface area contributed by atoms with Gasteiger partial charge in [-0.25, -0.2) is 9.18 Å². The highest BCUT2D eigenvalue weighted by molar-refractivity contribution is 5.70. The maximum atomic E-state index is 13.7. The molecule has 3 fully saturated rings. The first kappa shape index (κ1) is 20.3. The Bertz CT molecular complexity index is 984. The second-order valence-corrected chi connectivity index (χ2v) is 9.70. The van der Waals surface area contributed by atoms with Crippen LogP contribution in [0.15, 0.2) is 42.5 Å². The van der Waals surface area contributed by atoms with Crippen molar-refractivity contribution in [3.05, 3.63) is 53.8 Å². The summed E-state index contributed by atoms with van der Waals surface area (Å²) in [6, 6.07) is 12.1. The molecule has 31 heavy (non-hydrogen) atoms. The van der Waals surface area contributed by atoms with E-state index in [1.54, 1.807) is 6.07 Å². The van der Waals surface area contributed by atoms with Crippen LogP contribution in [0.3, 0.4) is 0 Å². The van der Waals surface area contributed by atoms with E-state index in [-0.39, 0.29) is 29.5 Å². The molecule has 164 valence electrons. The van der Waals surface area contributed by atoms with Crippen LogP contribution in [0.5, 0.6) is 5.75 Å². The van der Waals surface area contributed by atoms with Gasteiger partial charge >= 0.3 is 6.09 Å². The van der Waals surface area contributed by atoms with Crippen molar-refractivity contribution in [3.8, 4) is 16.9 Å². The quantitative estimate of drug-likeness (QED) is 0.771. The van der Waals surface area contributed by atoms with Gasteiger partial charge in [-0.15, -0.1) is 0 Å². The molecular formula is C25H29FN2O3. The van der Waals surface area contributed by atoms with E-state index in [9.17, 15) is 9.18 Å². The normalized spacial score (nSPS) is 28.4. The molecule has 6 rings (SSSR count). The van der Waals surface area contributed by atoms with Crippen LogP contribution in [0, 0.1) is 17.2 Å². The topological polar surface area (TPSA) is 50.8 Å². The maximum Gasteiger partial charge on any atom is 0.407 e. The van der Waals surface area contributed by atoms with Crippen LogP contribution in [0.1, 0.15) is 38.3 Å². The molecule has 1 amide bonds. The summed E-state index contributed by atoms with van der Waals surface area (Å²) in [7, 11) is 0. The van der Waals surface area contributed by atoms with Gasteiger partial charge in [0.15, 0.2) is 0 Å². The zero-order valence-corrected chi connectivity index (χ0v) is 18.1. The van der Waals surface area contributed by atoms with Gasteiger partial charge in [-0.05, 0) is 61.2 Å². The zero-order chi connectivity index (χ0) is 21.6. The van der Waals surface area contributed by atoms with Crippen molar-refractivity contribution in [2.75, 3.05) is 26.2 Å². The first-order chi connectivity index (χ1) is 14.9. The summed E-state index contributed by atoms with van der Waals surface area (Å²) < 4.78 is 25.6. The fourth-order valence-corrected chi connectivity index (χ4v) is 5.12. The summed E-state index contributed by atoms with van der Waals surface area (Å²) in [5, 5.41) is 3.12. The Morgan fingerprint density at radius 3 is 2.65 bits per heavy atom. The molecule has 2 atom stereocenters. The van der Waals surface area contributed by atoms with Crippen LogP contribution < -0.4 is 10.1 Å². The molecule has 0 aliphatic carbocycles. The van der Waals surface area contributed by atoms with Gasteiger partial charge in [0.25, 0.3) is 0 Å². The van der Waals surface area contributed by atoms with E-state index >= 15 is 0 Å². The van der Waals surface area contributed by atoms with Crippen molar-refractivity contribution in [2.24, 2.45) is 11.3 Å². The monoisotopic (exact) mass is 424 g/mol. The molecule has 5 nitrogen and oxygen atoms in total. The second kappa shape index (κ2) is 7.83. The molecule has 0 saturated carbocycles. The molecule has 2 bridgehead atoms. The van der Waals surface area contributed by atoms with Gasteiger partial charge in [-0.2, -0.15) is 0 Å². The number of carbonyl (C=O) groups excluding carboxylic acids is 1. The number of hydrogen-bond donors (Lipinski definition) is 1. The lowest BCUT2D eigenvalue weighted by Gasteiger charge is -2.44. The van der Waals surface area contributed by atoms with E-state index in [4.69, 9.17) is 9.47 Å². The molecule has 1 N–H and O–H groups in total. The Balaban J connectivity index is 1.35. The zero-order valence-electron chi connectivity index (χ0n) is 18.1. The third-order valence-electron chi connectivity index (χ3n) is 6.98. The van der Waals surface area contributed by atoms with E-state index in [1.807, 2.05) is 24.3 Å². The van der Waals surface area contributed by atoms with Crippen molar-refractivity contribution >= 4 is 6.09 Å². The highest BCUT2D eigenvalue weighted by Gasteiger charge is 2.41. The third-order valence-corrected chi connectivity index (χ3v) is 6.98. The molecular weight excluding hydrogens is 395 g/mol. The predicted octanol–water partition coefficient (Wildman–Crippen LogP) is 4.77. The second-order valence-electron chi connectivity index (χ2n) is 9.70. The lowest BCUT2D eigenvalue weighted by molar-refractivity contribution is -0.0361. The summed E-state index contributed by atoms with van der Waals surface area (Å²) in [4.78, 5) is 15.2. The number of nitrogens with zero attached hydrogens (tertiary/aromatic N) is 1. The summed E-state index contributed by atoms with van der Waals surface area (Å²) in [6.45, 7) is 7.69. The van der Waals surface area contributed by atoms with Gasteiger partial charge in [0, 0.05) is 17.5 Å². The number of halogens is 1. The Morgan fingerprint density at radius 2 is 1.94 bits per heavy atom. The average molecular weight is 425 g/mol. The molecule has 4 aliphatic rings. The van der Waals surface area contributed by atoms with E-state index in [1.165, 1.54) is 12.1 Å². The molecule has 3 saturated heterocycles. The van der Waals surface area contributed by atoms with E-state index in [0.717, 1.165) is 49.2 Å². The number of hydrogen-bond acceptors (Lipinski definition) is 4. The Hall–Kier alpha value is -2.60. The van der Waals surface area contributed by atoms with Crippen molar-refractivity contribution in [3.63, 3.8) is 0 Å². The van der Waals surface area contributed by atoms with Crippen LogP contribution in [-0.2, 0) is 4.74 Å². The maximum absolute atomic E-state index is 13.7. The molecule has 4 aliphatic heterocycles. The number of piperidine rings is 3. The van der Waals surface area contributed by atoms with Gasteiger partial charge in [-0.3, -0.25) is 4.90 Å². The summed E-state index contributed by atoms with van der Waals surface area (Å²) in [6.07, 6.45) is 1.82. The van der Waals surface area contributed by atoms with Crippen molar-refractivity contribution in [1.82, 2.24) is 10.2 Å². The van der Waals surface area contributed by atoms with Crippen molar-refractivity contribution in [2.45, 2.75) is 38.8 Å². The highest BCUT2D eigenvalue weighted by atomic mass is 19.1. The first-order valence-corrected chi connectivity index (χ1v) is 11.1. The van der Waals surface area contributed by atoms with E-state index in [2.05, 4.69) is 24.1 Å². The lowest BCUT2D eigenvalue weighted by atomic mass is 9.78. The fraction of sp³-hybridized carbons (Fsp3) is 0.480. The van der Waals surface area contributed by atoms with Crippen LogP contribution in [0.25, 0.3) is 11.1 Å². The van der Waals surface area contributed by atoms with Gasteiger partial charge in [0.1, 0.15) is 17.7 Å².